The zero-order chi connectivity index (χ0) is 19.1. The van der Waals surface area contributed by atoms with E-state index in [1.807, 2.05) is 41.8 Å². The first-order valence-electron chi connectivity index (χ1n) is 8.83. The summed E-state index contributed by atoms with van der Waals surface area (Å²) in [5.41, 5.74) is 0.819. The van der Waals surface area contributed by atoms with Crippen molar-refractivity contribution in [3.05, 3.63) is 47.0 Å². The van der Waals surface area contributed by atoms with Gasteiger partial charge in [-0.2, -0.15) is 5.10 Å². The van der Waals surface area contributed by atoms with E-state index >= 15 is 0 Å². The summed E-state index contributed by atoms with van der Waals surface area (Å²) in [4.78, 5) is 0. The summed E-state index contributed by atoms with van der Waals surface area (Å²) in [6.45, 7) is 3.19. The van der Waals surface area contributed by atoms with Crippen molar-refractivity contribution in [1.29, 1.82) is 0 Å². The number of rotatable bonds is 4. The van der Waals surface area contributed by atoms with Gasteiger partial charge in [-0.3, -0.25) is 9.67 Å². The van der Waals surface area contributed by atoms with Crippen molar-refractivity contribution in [1.82, 2.24) is 14.8 Å². The van der Waals surface area contributed by atoms with Crippen molar-refractivity contribution in [2.45, 2.75) is 13.0 Å². The molecular formula is C19H17N3O5S. The Morgan fingerprint density at radius 1 is 1.00 bits per heavy atom. The Hall–Kier alpha value is -3.20. The van der Waals surface area contributed by atoms with Crippen LogP contribution in [-0.4, -0.2) is 34.8 Å². The molecule has 0 saturated carbocycles. The van der Waals surface area contributed by atoms with Gasteiger partial charge in [0, 0.05) is 12.1 Å². The van der Waals surface area contributed by atoms with E-state index in [1.165, 1.54) is 0 Å². The molecule has 0 radical (unpaired) electrons. The van der Waals surface area contributed by atoms with E-state index in [1.54, 1.807) is 6.07 Å². The number of nitrogens with zero attached hydrogens (tertiary/aromatic N) is 2. The molecule has 5 rings (SSSR count). The van der Waals surface area contributed by atoms with Gasteiger partial charge in [0.1, 0.15) is 19.0 Å². The number of aromatic amines is 1. The molecule has 0 spiro atoms. The molecule has 1 atom stereocenters. The zero-order valence-electron chi connectivity index (χ0n) is 15.0. The number of benzene rings is 2. The van der Waals surface area contributed by atoms with Gasteiger partial charge in [0.05, 0.1) is 5.69 Å². The van der Waals surface area contributed by atoms with E-state index in [-0.39, 0.29) is 12.9 Å². The minimum Gasteiger partial charge on any atom is -0.486 e. The first-order chi connectivity index (χ1) is 13.7. The van der Waals surface area contributed by atoms with E-state index in [0.717, 1.165) is 11.4 Å². The van der Waals surface area contributed by atoms with Gasteiger partial charge in [0.15, 0.2) is 39.7 Å². The predicted molar refractivity (Wildman–Crippen MR) is 101 cm³/mol. The summed E-state index contributed by atoms with van der Waals surface area (Å²) >= 11 is 5.44. The van der Waals surface area contributed by atoms with Gasteiger partial charge in [-0.25, -0.2) is 0 Å². The van der Waals surface area contributed by atoms with Crippen LogP contribution in [0.15, 0.2) is 36.4 Å². The lowest BCUT2D eigenvalue weighted by atomic mass is 10.2. The van der Waals surface area contributed by atoms with Crippen molar-refractivity contribution in [3.8, 4) is 34.4 Å². The Morgan fingerprint density at radius 2 is 1.71 bits per heavy atom. The van der Waals surface area contributed by atoms with Crippen molar-refractivity contribution in [3.63, 3.8) is 0 Å². The normalized spacial score (nSPS) is 15.3. The van der Waals surface area contributed by atoms with Crippen LogP contribution in [0.2, 0.25) is 0 Å². The molecule has 0 unspecified atom stereocenters. The Morgan fingerprint density at radius 3 is 2.61 bits per heavy atom. The van der Waals surface area contributed by atoms with Gasteiger partial charge in [0.25, 0.3) is 0 Å². The maximum atomic E-state index is 6.07. The first-order valence-corrected chi connectivity index (χ1v) is 9.23. The maximum absolute atomic E-state index is 6.07. The molecule has 0 aliphatic carbocycles. The van der Waals surface area contributed by atoms with Crippen LogP contribution in [0.3, 0.4) is 0 Å². The van der Waals surface area contributed by atoms with Crippen LogP contribution in [0.4, 0.5) is 0 Å². The second-order valence-electron chi connectivity index (χ2n) is 6.33. The summed E-state index contributed by atoms with van der Waals surface area (Å²) in [6.07, 6.45) is -0.374. The van der Waals surface area contributed by atoms with Gasteiger partial charge < -0.3 is 23.7 Å². The highest BCUT2D eigenvalue weighted by Crippen LogP contribution is 2.37. The number of ether oxygens (including phenoxy) is 5. The summed E-state index contributed by atoms with van der Waals surface area (Å²) in [5.74, 6) is 4.06. The van der Waals surface area contributed by atoms with Gasteiger partial charge in [-0.1, -0.05) is 0 Å². The first kappa shape index (κ1) is 16.9. The zero-order valence-corrected chi connectivity index (χ0v) is 15.8. The maximum Gasteiger partial charge on any atom is 0.231 e. The molecule has 144 valence electrons. The van der Waals surface area contributed by atoms with Gasteiger partial charge in [0.2, 0.25) is 6.79 Å². The van der Waals surface area contributed by atoms with E-state index in [9.17, 15) is 0 Å². The van der Waals surface area contributed by atoms with Crippen LogP contribution in [0, 0.1) is 4.77 Å². The van der Waals surface area contributed by atoms with Crippen molar-refractivity contribution in [2.24, 2.45) is 0 Å². The minimum absolute atomic E-state index is 0.219. The molecular weight excluding hydrogens is 382 g/mol. The highest BCUT2D eigenvalue weighted by Gasteiger charge is 2.21. The summed E-state index contributed by atoms with van der Waals surface area (Å²) in [7, 11) is 0. The fourth-order valence-electron chi connectivity index (χ4n) is 3.21. The molecule has 28 heavy (non-hydrogen) atoms. The second kappa shape index (κ2) is 6.75. The molecule has 1 N–H and O–H groups in total. The number of H-pyrrole nitrogens is 1. The van der Waals surface area contributed by atoms with Gasteiger partial charge in [-0.05, 0) is 43.4 Å². The lowest BCUT2D eigenvalue weighted by Crippen LogP contribution is -2.16. The molecule has 0 saturated heterocycles. The SMILES string of the molecule is C[C@@H](Oc1ccc2c(c1)OCO2)c1n[nH]c(=S)n1-c1ccc2c(c1)OCCO2. The van der Waals surface area contributed by atoms with Gasteiger partial charge in [-0.15, -0.1) is 0 Å². The fourth-order valence-corrected chi connectivity index (χ4v) is 3.45. The molecule has 1 aromatic heterocycles. The molecule has 8 nitrogen and oxygen atoms in total. The third-order valence-electron chi connectivity index (χ3n) is 4.50. The van der Waals surface area contributed by atoms with Crippen LogP contribution in [0.1, 0.15) is 18.9 Å². The smallest absolute Gasteiger partial charge is 0.231 e. The van der Waals surface area contributed by atoms with Crippen molar-refractivity contribution in [2.75, 3.05) is 20.0 Å². The summed E-state index contributed by atoms with van der Waals surface area (Å²) in [6, 6.07) is 11.1. The molecule has 2 aliphatic rings. The third kappa shape index (κ3) is 2.93. The Bertz CT molecular complexity index is 1090. The molecule has 0 amide bonds. The molecule has 0 fully saturated rings. The largest absolute Gasteiger partial charge is 0.486 e. The van der Waals surface area contributed by atoms with Crippen LogP contribution in [-0.2, 0) is 0 Å². The van der Waals surface area contributed by atoms with E-state index in [4.69, 9.17) is 35.9 Å². The van der Waals surface area contributed by atoms with Crippen LogP contribution in [0.5, 0.6) is 28.7 Å². The summed E-state index contributed by atoms with van der Waals surface area (Å²) in [5, 5.41) is 7.21. The van der Waals surface area contributed by atoms with Crippen molar-refractivity contribution >= 4 is 12.2 Å². The lowest BCUT2D eigenvalue weighted by molar-refractivity contribution is 0.171. The standard InChI is InChI=1S/C19H17N3O5S/c1-11(27-13-3-5-15-17(9-13)26-10-25-15)18-20-21-19(28)22(18)12-2-4-14-16(8-12)24-7-6-23-14/h2-5,8-9,11H,6-7,10H2,1H3,(H,21,28)/t11-/m1/s1. The molecule has 3 heterocycles. The predicted octanol–water partition coefficient (Wildman–Crippen LogP) is 3.57. The monoisotopic (exact) mass is 399 g/mol. The number of aromatic nitrogens is 3. The fraction of sp³-hybridized carbons (Fsp3) is 0.263. The Labute approximate surface area is 165 Å². The highest BCUT2D eigenvalue weighted by molar-refractivity contribution is 7.71. The summed E-state index contributed by atoms with van der Waals surface area (Å²) < 4.78 is 30.4. The van der Waals surface area contributed by atoms with Crippen LogP contribution >= 0.6 is 12.2 Å². The van der Waals surface area contributed by atoms with Crippen molar-refractivity contribution < 1.29 is 23.7 Å². The molecule has 0 bridgehead atoms. The van der Waals surface area contributed by atoms with Gasteiger partial charge >= 0.3 is 0 Å². The average Bonchev–Trinajstić information content (AvgIpc) is 3.33. The second-order valence-corrected chi connectivity index (χ2v) is 6.71. The molecule has 2 aromatic carbocycles. The number of fused-ring (bicyclic) bond motifs is 2. The average molecular weight is 399 g/mol. The Kier molecular flexibility index (Phi) is 4.09. The lowest BCUT2D eigenvalue weighted by Gasteiger charge is -2.20. The molecule has 3 aromatic rings. The topological polar surface area (TPSA) is 79.8 Å². The molecule has 2 aliphatic heterocycles. The van der Waals surface area contributed by atoms with Crippen LogP contribution < -0.4 is 23.7 Å². The Balaban J connectivity index is 1.46. The van der Waals surface area contributed by atoms with E-state index in [0.29, 0.717) is 46.8 Å². The minimum atomic E-state index is -0.374. The number of hydrogen-bond acceptors (Lipinski definition) is 7. The molecule has 9 heteroatoms. The van der Waals surface area contributed by atoms with E-state index in [2.05, 4.69) is 10.2 Å². The third-order valence-corrected chi connectivity index (χ3v) is 4.78. The number of nitrogens with one attached hydrogen (secondary N) is 1. The van der Waals surface area contributed by atoms with E-state index < -0.39 is 0 Å². The highest BCUT2D eigenvalue weighted by atomic mass is 32.1. The van der Waals surface area contributed by atoms with Crippen LogP contribution in [0.25, 0.3) is 5.69 Å². The quantitative estimate of drug-likeness (QED) is 0.672. The number of hydrogen-bond donors (Lipinski definition) is 1.